The van der Waals surface area contributed by atoms with E-state index in [0.29, 0.717) is 11.0 Å². The molecule has 104 valence electrons. The molecule has 0 radical (unpaired) electrons. The topological polar surface area (TPSA) is 97.0 Å². The van der Waals surface area contributed by atoms with E-state index < -0.39 is 12.0 Å². The Labute approximate surface area is 119 Å². The largest absolute Gasteiger partial charge is 0.453 e. The third kappa shape index (κ3) is 3.82. The van der Waals surface area contributed by atoms with Gasteiger partial charge in [-0.25, -0.2) is 9.78 Å². The second-order valence-corrected chi connectivity index (χ2v) is 4.60. The minimum Gasteiger partial charge on any atom is -0.453 e. The number of aromatic amines is 1. The third-order valence-corrected chi connectivity index (χ3v) is 3.12. The summed E-state index contributed by atoms with van der Waals surface area (Å²) in [5, 5.41) is 9.27. The second-order valence-electron chi connectivity index (χ2n) is 3.66. The minimum atomic E-state index is -0.782. The molecule has 1 aromatic heterocycles. The zero-order chi connectivity index (χ0) is 14.4. The van der Waals surface area contributed by atoms with Gasteiger partial charge in [0.15, 0.2) is 5.82 Å². The van der Waals surface area contributed by atoms with Gasteiger partial charge in [-0.05, 0) is 0 Å². The average Bonchev–Trinajstić information content (AvgIpc) is 2.95. The smallest absolute Gasteiger partial charge is 0.413 e. The number of alkyl carbamates (subject to hydrolysis) is 1. The van der Waals surface area contributed by atoms with Gasteiger partial charge < -0.3 is 4.74 Å². The summed E-state index contributed by atoms with van der Waals surface area (Å²) >= 11 is 1.12. The van der Waals surface area contributed by atoms with Crippen LogP contribution in [-0.4, -0.2) is 40.0 Å². The van der Waals surface area contributed by atoms with Crippen LogP contribution in [0.25, 0.3) is 11.4 Å². The number of rotatable bonds is 4. The molecule has 1 heterocycles. The summed E-state index contributed by atoms with van der Waals surface area (Å²) in [6.45, 7) is 0. The SMILES string of the molecule is COC(=O)NC(=O)CSc1n[nH]c(-c2ccccc2)n1. The van der Waals surface area contributed by atoms with Crippen molar-refractivity contribution in [2.24, 2.45) is 0 Å². The minimum absolute atomic E-state index is 0.0290. The third-order valence-electron chi connectivity index (χ3n) is 2.27. The molecule has 2 aromatic rings. The summed E-state index contributed by atoms with van der Waals surface area (Å²) in [5.41, 5.74) is 0.908. The van der Waals surface area contributed by atoms with Crippen molar-refractivity contribution in [3.8, 4) is 11.4 Å². The summed E-state index contributed by atoms with van der Waals surface area (Å²) in [5.74, 6) is 0.190. The number of nitrogens with one attached hydrogen (secondary N) is 2. The van der Waals surface area contributed by atoms with Gasteiger partial charge in [0.1, 0.15) is 0 Å². The number of hydrogen-bond acceptors (Lipinski definition) is 6. The molecule has 0 spiro atoms. The van der Waals surface area contributed by atoms with Crippen LogP contribution in [0.2, 0.25) is 0 Å². The summed E-state index contributed by atoms with van der Waals surface area (Å²) < 4.78 is 4.32. The van der Waals surface area contributed by atoms with Crippen molar-refractivity contribution in [1.29, 1.82) is 0 Å². The molecule has 0 saturated heterocycles. The van der Waals surface area contributed by atoms with Crippen molar-refractivity contribution in [2.75, 3.05) is 12.9 Å². The van der Waals surface area contributed by atoms with Gasteiger partial charge in [0, 0.05) is 5.56 Å². The first-order chi connectivity index (χ1) is 9.69. The van der Waals surface area contributed by atoms with E-state index in [1.54, 1.807) is 0 Å². The quantitative estimate of drug-likeness (QED) is 0.828. The van der Waals surface area contributed by atoms with Crippen molar-refractivity contribution in [3.63, 3.8) is 0 Å². The molecule has 2 amide bonds. The maximum absolute atomic E-state index is 11.4. The molecule has 0 unspecified atom stereocenters. The highest BCUT2D eigenvalue weighted by atomic mass is 32.2. The molecule has 20 heavy (non-hydrogen) atoms. The summed E-state index contributed by atoms with van der Waals surface area (Å²) in [7, 11) is 1.19. The molecule has 2 rings (SSSR count). The molecule has 1 aromatic carbocycles. The fourth-order valence-corrected chi connectivity index (χ4v) is 1.97. The zero-order valence-corrected chi connectivity index (χ0v) is 11.4. The van der Waals surface area contributed by atoms with Gasteiger partial charge in [-0.1, -0.05) is 42.1 Å². The highest BCUT2D eigenvalue weighted by Gasteiger charge is 2.11. The molecule has 0 atom stereocenters. The van der Waals surface area contributed by atoms with Crippen LogP contribution in [0.4, 0.5) is 4.79 Å². The number of ether oxygens (including phenoxy) is 1. The lowest BCUT2D eigenvalue weighted by molar-refractivity contribution is -0.117. The van der Waals surface area contributed by atoms with Gasteiger partial charge in [0.25, 0.3) is 0 Å². The number of benzene rings is 1. The zero-order valence-electron chi connectivity index (χ0n) is 10.6. The molecule has 8 heteroatoms. The lowest BCUT2D eigenvalue weighted by Gasteiger charge is -1.99. The molecule has 0 bridgehead atoms. The van der Waals surface area contributed by atoms with E-state index in [0.717, 1.165) is 17.3 Å². The number of carbonyl (C=O) groups excluding carboxylic acids is 2. The normalized spacial score (nSPS) is 10.1. The number of H-pyrrole nitrogens is 1. The number of methoxy groups -OCH3 is 1. The van der Waals surface area contributed by atoms with Crippen molar-refractivity contribution in [3.05, 3.63) is 30.3 Å². The first kappa shape index (κ1) is 14.1. The molecule has 7 nitrogen and oxygen atoms in total. The van der Waals surface area contributed by atoms with Crippen LogP contribution in [0.1, 0.15) is 0 Å². The van der Waals surface area contributed by atoms with Crippen LogP contribution in [0.5, 0.6) is 0 Å². The lowest BCUT2D eigenvalue weighted by Crippen LogP contribution is -2.31. The molecule has 2 N–H and O–H groups in total. The van der Waals surface area contributed by atoms with Crippen molar-refractivity contribution >= 4 is 23.8 Å². The Morgan fingerprint density at radius 1 is 1.35 bits per heavy atom. The van der Waals surface area contributed by atoms with Crippen LogP contribution < -0.4 is 5.32 Å². The standard InChI is InChI=1S/C12H12N4O3S/c1-19-12(18)13-9(17)7-20-11-14-10(15-16-11)8-5-3-2-4-6-8/h2-6H,7H2,1H3,(H,13,17,18)(H,14,15,16). The Morgan fingerprint density at radius 3 is 2.80 bits per heavy atom. The van der Waals surface area contributed by atoms with Crippen LogP contribution >= 0.6 is 11.8 Å². The average molecular weight is 292 g/mol. The van der Waals surface area contributed by atoms with E-state index in [2.05, 4.69) is 25.2 Å². The first-order valence-electron chi connectivity index (χ1n) is 5.67. The number of amides is 2. The second kappa shape index (κ2) is 6.71. The molecule has 0 saturated carbocycles. The van der Waals surface area contributed by atoms with Gasteiger partial charge >= 0.3 is 6.09 Å². The van der Waals surface area contributed by atoms with Crippen LogP contribution in [0.15, 0.2) is 35.5 Å². The molecule has 0 fully saturated rings. The Balaban J connectivity index is 1.91. The Hall–Kier alpha value is -2.35. The van der Waals surface area contributed by atoms with E-state index in [4.69, 9.17) is 0 Å². The van der Waals surface area contributed by atoms with Crippen molar-refractivity contribution < 1.29 is 14.3 Å². The Bertz CT molecular complexity index is 600. The fraction of sp³-hybridized carbons (Fsp3) is 0.167. The molecule has 0 aliphatic rings. The lowest BCUT2D eigenvalue weighted by atomic mass is 10.2. The van der Waals surface area contributed by atoms with Gasteiger partial charge in [-0.15, -0.1) is 5.10 Å². The van der Waals surface area contributed by atoms with Gasteiger partial charge in [0.2, 0.25) is 11.1 Å². The predicted molar refractivity (Wildman–Crippen MR) is 73.1 cm³/mol. The summed E-state index contributed by atoms with van der Waals surface area (Å²) in [6, 6.07) is 9.51. The van der Waals surface area contributed by atoms with Crippen LogP contribution in [-0.2, 0) is 9.53 Å². The maximum Gasteiger partial charge on any atom is 0.413 e. The van der Waals surface area contributed by atoms with Gasteiger partial charge in [-0.3, -0.25) is 15.2 Å². The number of aromatic nitrogens is 3. The number of nitrogens with zero attached hydrogens (tertiary/aromatic N) is 2. The highest BCUT2D eigenvalue weighted by Crippen LogP contribution is 2.18. The monoisotopic (exact) mass is 292 g/mol. The number of carbonyl (C=O) groups is 2. The summed E-state index contributed by atoms with van der Waals surface area (Å²) in [4.78, 5) is 26.4. The molecule has 0 aliphatic carbocycles. The molecule has 0 aliphatic heterocycles. The maximum atomic E-state index is 11.4. The van der Waals surface area contributed by atoms with Crippen LogP contribution in [0, 0.1) is 0 Å². The number of thioether (sulfide) groups is 1. The van der Waals surface area contributed by atoms with Gasteiger partial charge in [0.05, 0.1) is 12.9 Å². The fourth-order valence-electron chi connectivity index (χ4n) is 1.37. The molecular formula is C12H12N4O3S. The van der Waals surface area contributed by atoms with E-state index in [1.165, 1.54) is 7.11 Å². The van der Waals surface area contributed by atoms with E-state index in [9.17, 15) is 9.59 Å². The number of hydrogen-bond donors (Lipinski definition) is 2. The van der Waals surface area contributed by atoms with E-state index in [-0.39, 0.29) is 5.75 Å². The first-order valence-corrected chi connectivity index (χ1v) is 6.66. The highest BCUT2D eigenvalue weighted by molar-refractivity contribution is 7.99. The Kier molecular flexibility index (Phi) is 4.72. The summed E-state index contributed by atoms with van der Waals surface area (Å²) in [6.07, 6.45) is -0.782. The Morgan fingerprint density at radius 2 is 2.10 bits per heavy atom. The van der Waals surface area contributed by atoms with Crippen molar-refractivity contribution in [2.45, 2.75) is 5.16 Å². The van der Waals surface area contributed by atoms with E-state index >= 15 is 0 Å². The molecular weight excluding hydrogens is 280 g/mol. The number of imide groups is 1. The van der Waals surface area contributed by atoms with E-state index in [1.807, 2.05) is 30.3 Å². The van der Waals surface area contributed by atoms with Crippen LogP contribution in [0.3, 0.4) is 0 Å². The predicted octanol–water partition coefficient (Wildman–Crippen LogP) is 1.45. The van der Waals surface area contributed by atoms with Crippen molar-refractivity contribution in [1.82, 2.24) is 20.5 Å². The van der Waals surface area contributed by atoms with Gasteiger partial charge in [-0.2, -0.15) is 0 Å².